The second-order valence-electron chi connectivity index (χ2n) is 5.91. The van der Waals surface area contributed by atoms with Gasteiger partial charge < -0.3 is 5.32 Å². The fraction of sp³-hybridized carbons (Fsp3) is 0.263. The zero-order valence-electron chi connectivity index (χ0n) is 13.1. The highest BCUT2D eigenvalue weighted by Gasteiger charge is 2.26. The molecule has 4 nitrogen and oxygen atoms in total. The van der Waals surface area contributed by atoms with Crippen LogP contribution in [0, 0.1) is 11.3 Å². The topological polar surface area (TPSA) is 56.1 Å². The standard InChI is InChI=1S/C19H19N3O/c1-22(18-10-9-15-6-2-3-8-17(15)18)13-19(23)21-16-7-4-5-14(11-16)12-20/h2-8,11,18H,9-10,13H2,1H3,(H,21,23). The predicted molar refractivity (Wildman–Crippen MR) is 89.9 cm³/mol. The van der Waals surface area contributed by atoms with E-state index >= 15 is 0 Å². The lowest BCUT2D eigenvalue weighted by molar-refractivity contribution is -0.117. The van der Waals surface area contributed by atoms with Gasteiger partial charge in [0.05, 0.1) is 18.2 Å². The molecule has 1 unspecified atom stereocenters. The van der Waals surface area contributed by atoms with Gasteiger partial charge in [-0.05, 0) is 49.2 Å². The first-order valence-electron chi connectivity index (χ1n) is 7.75. The minimum Gasteiger partial charge on any atom is -0.325 e. The molecule has 0 saturated heterocycles. The summed E-state index contributed by atoms with van der Waals surface area (Å²) in [4.78, 5) is 14.3. The molecule has 0 aromatic heterocycles. The molecule has 2 aromatic carbocycles. The van der Waals surface area contributed by atoms with Crippen molar-refractivity contribution in [2.75, 3.05) is 18.9 Å². The molecule has 116 valence electrons. The second kappa shape index (κ2) is 6.64. The van der Waals surface area contributed by atoms with Crippen molar-refractivity contribution >= 4 is 11.6 Å². The summed E-state index contributed by atoms with van der Waals surface area (Å²) < 4.78 is 0. The van der Waals surface area contributed by atoms with Gasteiger partial charge in [-0.2, -0.15) is 5.26 Å². The van der Waals surface area contributed by atoms with E-state index in [4.69, 9.17) is 5.26 Å². The zero-order chi connectivity index (χ0) is 16.2. The number of hydrogen-bond acceptors (Lipinski definition) is 3. The lowest BCUT2D eigenvalue weighted by atomic mass is 10.1. The lowest BCUT2D eigenvalue weighted by Crippen LogP contribution is -2.32. The number of hydrogen-bond donors (Lipinski definition) is 1. The van der Waals surface area contributed by atoms with E-state index in [0.29, 0.717) is 23.8 Å². The molecule has 2 aromatic rings. The molecule has 4 heteroatoms. The van der Waals surface area contributed by atoms with Crippen molar-refractivity contribution in [1.29, 1.82) is 5.26 Å². The summed E-state index contributed by atoms with van der Waals surface area (Å²) >= 11 is 0. The number of aryl methyl sites for hydroxylation is 1. The van der Waals surface area contributed by atoms with E-state index in [1.54, 1.807) is 24.3 Å². The first-order valence-corrected chi connectivity index (χ1v) is 7.75. The van der Waals surface area contributed by atoms with Gasteiger partial charge >= 0.3 is 0 Å². The highest BCUT2D eigenvalue weighted by atomic mass is 16.2. The Bertz CT molecular complexity index is 763. The number of nitriles is 1. The van der Waals surface area contributed by atoms with Crippen LogP contribution in [0.1, 0.15) is 29.2 Å². The van der Waals surface area contributed by atoms with Crippen LogP contribution in [0.15, 0.2) is 48.5 Å². The van der Waals surface area contributed by atoms with E-state index in [-0.39, 0.29) is 5.91 Å². The Morgan fingerprint density at radius 3 is 2.96 bits per heavy atom. The average molecular weight is 305 g/mol. The Labute approximate surface area is 136 Å². The number of benzene rings is 2. The third-order valence-corrected chi connectivity index (χ3v) is 4.30. The van der Waals surface area contributed by atoms with E-state index < -0.39 is 0 Å². The van der Waals surface area contributed by atoms with Crippen LogP contribution in [0.5, 0.6) is 0 Å². The van der Waals surface area contributed by atoms with Crippen LogP contribution in [0.2, 0.25) is 0 Å². The molecule has 0 fully saturated rings. The molecule has 0 aliphatic heterocycles. The molecule has 1 atom stereocenters. The van der Waals surface area contributed by atoms with Crippen LogP contribution >= 0.6 is 0 Å². The number of amides is 1. The van der Waals surface area contributed by atoms with Crippen molar-refractivity contribution < 1.29 is 4.79 Å². The average Bonchev–Trinajstić information content (AvgIpc) is 2.99. The van der Waals surface area contributed by atoms with E-state index in [2.05, 4.69) is 40.6 Å². The molecule has 1 aliphatic rings. The molecule has 3 rings (SSSR count). The molecule has 0 radical (unpaired) electrons. The largest absolute Gasteiger partial charge is 0.325 e. The first kappa shape index (κ1) is 15.3. The smallest absolute Gasteiger partial charge is 0.238 e. The van der Waals surface area contributed by atoms with Crippen LogP contribution in [0.4, 0.5) is 5.69 Å². The molecule has 0 saturated carbocycles. The molecular weight excluding hydrogens is 286 g/mol. The van der Waals surface area contributed by atoms with Crippen molar-refractivity contribution in [3.8, 4) is 6.07 Å². The van der Waals surface area contributed by atoms with Crippen LogP contribution in [0.3, 0.4) is 0 Å². The van der Waals surface area contributed by atoms with Crippen molar-refractivity contribution in [1.82, 2.24) is 4.90 Å². The number of anilines is 1. The van der Waals surface area contributed by atoms with Crippen molar-refractivity contribution in [3.05, 3.63) is 65.2 Å². The van der Waals surface area contributed by atoms with Gasteiger partial charge in [0.2, 0.25) is 5.91 Å². The highest BCUT2D eigenvalue weighted by Crippen LogP contribution is 2.34. The molecule has 1 amide bonds. The highest BCUT2D eigenvalue weighted by molar-refractivity contribution is 5.92. The molecule has 0 heterocycles. The van der Waals surface area contributed by atoms with Crippen molar-refractivity contribution in [2.45, 2.75) is 18.9 Å². The predicted octanol–water partition coefficient (Wildman–Crippen LogP) is 3.12. The van der Waals surface area contributed by atoms with Crippen LogP contribution in [-0.2, 0) is 11.2 Å². The zero-order valence-corrected chi connectivity index (χ0v) is 13.1. The summed E-state index contributed by atoms with van der Waals surface area (Å²) in [5.41, 5.74) is 3.91. The normalized spacial score (nSPS) is 16.0. The van der Waals surface area contributed by atoms with Gasteiger partial charge in [-0.3, -0.25) is 9.69 Å². The number of carbonyl (C=O) groups is 1. The van der Waals surface area contributed by atoms with Crippen molar-refractivity contribution in [3.63, 3.8) is 0 Å². The first-order chi connectivity index (χ1) is 11.2. The number of nitrogens with one attached hydrogen (secondary N) is 1. The quantitative estimate of drug-likeness (QED) is 0.944. The Morgan fingerprint density at radius 1 is 1.30 bits per heavy atom. The number of nitrogens with zero attached hydrogens (tertiary/aromatic N) is 2. The Kier molecular flexibility index (Phi) is 4.40. The summed E-state index contributed by atoms with van der Waals surface area (Å²) in [5.74, 6) is -0.0630. The Hall–Kier alpha value is -2.64. The Balaban J connectivity index is 1.63. The number of carbonyl (C=O) groups excluding carboxylic acids is 1. The minimum atomic E-state index is -0.0630. The summed E-state index contributed by atoms with van der Waals surface area (Å²) in [6.45, 7) is 0.329. The van der Waals surface area contributed by atoms with E-state index in [9.17, 15) is 4.79 Å². The lowest BCUT2D eigenvalue weighted by Gasteiger charge is -2.24. The molecule has 0 spiro atoms. The minimum absolute atomic E-state index is 0.0630. The second-order valence-corrected chi connectivity index (χ2v) is 5.91. The molecule has 1 N–H and O–H groups in total. The third-order valence-electron chi connectivity index (χ3n) is 4.30. The Morgan fingerprint density at radius 2 is 2.13 bits per heavy atom. The number of likely N-dealkylation sites (N-methyl/N-ethyl adjacent to an activating group) is 1. The van der Waals surface area contributed by atoms with Crippen LogP contribution in [-0.4, -0.2) is 24.4 Å². The van der Waals surface area contributed by atoms with Crippen molar-refractivity contribution in [2.24, 2.45) is 0 Å². The fourth-order valence-electron chi connectivity index (χ4n) is 3.20. The van der Waals surface area contributed by atoms with Gasteiger partial charge in [0.15, 0.2) is 0 Å². The molecule has 1 aliphatic carbocycles. The maximum atomic E-state index is 12.3. The molecule has 23 heavy (non-hydrogen) atoms. The van der Waals surface area contributed by atoms with Gasteiger partial charge in [0.1, 0.15) is 0 Å². The van der Waals surface area contributed by atoms with Gasteiger partial charge in [-0.15, -0.1) is 0 Å². The van der Waals surface area contributed by atoms with Crippen LogP contribution in [0.25, 0.3) is 0 Å². The van der Waals surface area contributed by atoms with E-state index in [1.165, 1.54) is 11.1 Å². The van der Waals surface area contributed by atoms with Gasteiger partial charge in [0, 0.05) is 11.7 Å². The van der Waals surface area contributed by atoms with E-state index in [1.807, 2.05) is 7.05 Å². The van der Waals surface area contributed by atoms with E-state index in [0.717, 1.165) is 12.8 Å². The van der Waals surface area contributed by atoms with Gasteiger partial charge in [0.25, 0.3) is 0 Å². The molecular formula is C19H19N3O. The number of fused-ring (bicyclic) bond motifs is 1. The monoisotopic (exact) mass is 305 g/mol. The summed E-state index contributed by atoms with van der Waals surface area (Å²) in [7, 11) is 1.98. The number of rotatable bonds is 4. The maximum absolute atomic E-state index is 12.3. The van der Waals surface area contributed by atoms with Gasteiger partial charge in [-0.1, -0.05) is 30.3 Å². The summed E-state index contributed by atoms with van der Waals surface area (Å²) in [6.07, 6.45) is 2.12. The SMILES string of the molecule is CN(CC(=O)Nc1cccc(C#N)c1)C1CCc2ccccc21. The van der Waals surface area contributed by atoms with Crippen LogP contribution < -0.4 is 5.32 Å². The third kappa shape index (κ3) is 3.41. The maximum Gasteiger partial charge on any atom is 0.238 e. The summed E-state index contributed by atoms with van der Waals surface area (Å²) in [6, 6.07) is 17.8. The fourth-order valence-corrected chi connectivity index (χ4v) is 3.20. The summed E-state index contributed by atoms with van der Waals surface area (Å²) in [5, 5.41) is 11.8. The van der Waals surface area contributed by atoms with Gasteiger partial charge in [-0.25, -0.2) is 0 Å². The molecule has 0 bridgehead atoms.